The van der Waals surface area contributed by atoms with Gasteiger partial charge in [-0.2, -0.15) is 8.42 Å². The number of carbonyl (C=O) groups is 3. The summed E-state index contributed by atoms with van der Waals surface area (Å²) in [6.45, 7) is 5.51. The number of nitrogen functional groups attached to an aromatic ring is 1. The first kappa shape index (κ1) is 39.6. The summed E-state index contributed by atoms with van der Waals surface area (Å²) in [6.07, 6.45) is 1.43. The molecule has 1 aromatic heterocycles. The minimum atomic E-state index is -4.02. The van der Waals surface area contributed by atoms with Gasteiger partial charge in [0.1, 0.15) is 22.8 Å². The smallest absolute Gasteiger partial charge is 0.352 e. The maximum absolute atomic E-state index is 13.9. The molecule has 0 bridgehead atoms. The van der Waals surface area contributed by atoms with Gasteiger partial charge in [0, 0.05) is 27.8 Å². The molecule has 0 aliphatic carbocycles. The van der Waals surface area contributed by atoms with Gasteiger partial charge in [-0.3, -0.25) is 19.0 Å². The molecule has 13 nitrogen and oxygen atoms in total. The number of hydrogen-bond donors (Lipinski definition) is 4. The van der Waals surface area contributed by atoms with Crippen molar-refractivity contribution in [3.05, 3.63) is 173 Å². The number of nitrogens with two attached hydrogens (primary N) is 1. The fraction of sp³-hybridized carbons (Fsp3) is 0.125. The van der Waals surface area contributed by atoms with Crippen molar-refractivity contribution in [2.24, 2.45) is 5.16 Å². The number of anilines is 1. The first-order valence-electron chi connectivity index (χ1n) is 16.9. The molecule has 5 aromatic rings. The monoisotopic (exact) mass is 809 g/mol. The topological polar surface area (TPSA) is 202 Å². The van der Waals surface area contributed by atoms with E-state index < -0.39 is 44.9 Å². The van der Waals surface area contributed by atoms with Crippen molar-refractivity contribution in [1.82, 2.24) is 15.2 Å². The Bertz CT molecular complexity index is 2330. The van der Waals surface area contributed by atoms with E-state index in [4.69, 9.17) is 15.1 Å². The summed E-state index contributed by atoms with van der Waals surface area (Å²) in [5, 5.41) is 18.2. The largest absolute Gasteiger partial charge is 0.477 e. The summed E-state index contributed by atoms with van der Waals surface area (Å²) in [4.78, 5) is 51.0. The van der Waals surface area contributed by atoms with E-state index in [1.165, 1.54) is 34.9 Å². The summed E-state index contributed by atoms with van der Waals surface area (Å²) in [5.41, 5.74) is 8.18. The second-order valence-electron chi connectivity index (χ2n) is 12.4. The highest BCUT2D eigenvalue weighted by atomic mass is 32.2. The van der Waals surface area contributed by atoms with Crippen LogP contribution in [0.3, 0.4) is 0 Å². The Labute approximate surface area is 331 Å². The van der Waals surface area contributed by atoms with Crippen LogP contribution in [0.15, 0.2) is 155 Å². The highest BCUT2D eigenvalue weighted by Crippen LogP contribution is 2.42. The molecule has 2 aliphatic heterocycles. The summed E-state index contributed by atoms with van der Waals surface area (Å²) in [6, 6.07) is 33.6. The highest BCUT2D eigenvalue weighted by Gasteiger charge is 2.54. The van der Waals surface area contributed by atoms with Crippen LogP contribution in [0.1, 0.15) is 27.9 Å². The molecule has 56 heavy (non-hydrogen) atoms. The van der Waals surface area contributed by atoms with Crippen LogP contribution in [0.4, 0.5) is 5.13 Å². The Morgan fingerprint density at radius 1 is 0.964 bits per heavy atom. The number of carboxylic acid groups (broad SMARTS) is 1. The van der Waals surface area contributed by atoms with Gasteiger partial charge in [0.05, 0.1) is 4.90 Å². The molecule has 0 saturated carbocycles. The van der Waals surface area contributed by atoms with Crippen molar-refractivity contribution < 1.29 is 37.3 Å². The maximum Gasteiger partial charge on any atom is 0.352 e. The molecule has 0 spiro atoms. The van der Waals surface area contributed by atoms with Crippen LogP contribution >= 0.6 is 23.1 Å². The number of β-lactam (4-membered cyclic amide) rings is 1. The van der Waals surface area contributed by atoms with Crippen molar-refractivity contribution in [1.29, 1.82) is 0 Å². The van der Waals surface area contributed by atoms with Gasteiger partial charge < -0.3 is 21.0 Å². The fourth-order valence-electron chi connectivity index (χ4n) is 6.11. The number of thiazole rings is 1. The lowest BCUT2D eigenvalue weighted by Crippen LogP contribution is -2.71. The van der Waals surface area contributed by atoms with Gasteiger partial charge >= 0.3 is 5.97 Å². The van der Waals surface area contributed by atoms with Gasteiger partial charge in [0.2, 0.25) is 5.60 Å². The predicted molar refractivity (Wildman–Crippen MR) is 214 cm³/mol. The number of oxime groups is 1. The van der Waals surface area contributed by atoms with Crippen LogP contribution in [0.2, 0.25) is 0 Å². The molecular formula is C40H35N5O8S3. The number of carbonyl (C=O) groups excluding carboxylic acids is 2. The molecule has 286 valence electrons. The summed E-state index contributed by atoms with van der Waals surface area (Å²) >= 11 is 2.46. The fourth-order valence-corrected chi connectivity index (χ4v) is 8.48. The first-order chi connectivity index (χ1) is 26.8. The Balaban J connectivity index is 0.000000417. The lowest BCUT2D eigenvalue weighted by Gasteiger charge is -2.49. The van der Waals surface area contributed by atoms with E-state index in [0.717, 1.165) is 33.6 Å². The van der Waals surface area contributed by atoms with Gasteiger partial charge in [-0.15, -0.1) is 23.1 Å². The minimum Gasteiger partial charge on any atom is -0.477 e. The Kier molecular flexibility index (Phi) is 11.8. The Morgan fingerprint density at radius 3 is 1.95 bits per heavy atom. The number of aryl methyl sites for hydroxylation is 1. The molecule has 7 rings (SSSR count). The second-order valence-corrected chi connectivity index (χ2v) is 15.8. The van der Waals surface area contributed by atoms with E-state index in [1.54, 1.807) is 17.5 Å². The van der Waals surface area contributed by atoms with Crippen LogP contribution in [-0.4, -0.2) is 68.6 Å². The number of nitrogens with one attached hydrogen (secondary N) is 1. The number of thioether (sulfide) groups is 1. The quantitative estimate of drug-likeness (QED) is 0.0425. The Morgan fingerprint density at radius 2 is 1.50 bits per heavy atom. The molecule has 16 heteroatoms. The predicted octanol–water partition coefficient (Wildman–Crippen LogP) is 5.60. The van der Waals surface area contributed by atoms with E-state index in [2.05, 4.69) is 22.0 Å². The lowest BCUT2D eigenvalue weighted by atomic mass is 9.80. The average Bonchev–Trinajstić information content (AvgIpc) is 3.64. The minimum absolute atomic E-state index is 0.0666. The van der Waals surface area contributed by atoms with E-state index in [0.29, 0.717) is 11.3 Å². The van der Waals surface area contributed by atoms with Crippen molar-refractivity contribution in [3.63, 3.8) is 0 Å². The normalized spacial score (nSPS) is 16.8. The zero-order valence-electron chi connectivity index (χ0n) is 29.7. The molecule has 5 N–H and O–H groups in total. The number of carboxylic acids is 1. The third kappa shape index (κ3) is 8.13. The molecule has 1 saturated heterocycles. The van der Waals surface area contributed by atoms with Crippen LogP contribution in [0, 0.1) is 6.92 Å². The third-order valence-corrected chi connectivity index (χ3v) is 11.7. The molecule has 0 unspecified atom stereocenters. The molecule has 2 amide bonds. The third-order valence-electron chi connectivity index (χ3n) is 8.85. The number of aliphatic carboxylic acids is 1. The molecule has 4 aromatic carbocycles. The second kappa shape index (κ2) is 16.7. The first-order valence-corrected chi connectivity index (χ1v) is 20.2. The zero-order chi connectivity index (χ0) is 40.0. The van der Waals surface area contributed by atoms with Crippen molar-refractivity contribution in [3.8, 4) is 0 Å². The average molecular weight is 810 g/mol. The molecular weight excluding hydrogens is 775 g/mol. The molecule has 2 aliphatic rings. The van der Waals surface area contributed by atoms with E-state index in [9.17, 15) is 27.9 Å². The van der Waals surface area contributed by atoms with E-state index in [-0.39, 0.29) is 27.1 Å². The zero-order valence-corrected chi connectivity index (χ0v) is 32.1. The SMILES string of the molecule is C=CC1=C(C(=O)O)N2C(=O)[C@@H](NC(=O)/C(=N\OC(c3ccccc3)(c3ccccc3)c3ccccc3)c3csc(N)n3)[C@H]2SC1.Cc1ccc(S(=O)(=O)O)cc1. The summed E-state index contributed by atoms with van der Waals surface area (Å²) < 4.78 is 29.6. The number of benzene rings is 4. The maximum atomic E-state index is 13.9. The van der Waals surface area contributed by atoms with Crippen LogP contribution < -0.4 is 11.1 Å². The number of nitrogens with zero attached hydrogens (tertiary/aromatic N) is 3. The molecule has 0 radical (unpaired) electrons. The number of amides is 2. The van der Waals surface area contributed by atoms with Crippen LogP contribution in [0.25, 0.3) is 0 Å². The van der Waals surface area contributed by atoms with Gasteiger partial charge in [0.15, 0.2) is 10.8 Å². The van der Waals surface area contributed by atoms with Gasteiger partial charge in [-0.05, 0) is 24.6 Å². The van der Waals surface area contributed by atoms with Crippen molar-refractivity contribution >= 4 is 61.8 Å². The molecule has 1 fully saturated rings. The van der Waals surface area contributed by atoms with Crippen molar-refractivity contribution in [2.45, 2.75) is 28.8 Å². The number of aromatic nitrogens is 1. The van der Waals surface area contributed by atoms with Gasteiger partial charge in [0.25, 0.3) is 21.9 Å². The number of rotatable bonds is 11. The van der Waals surface area contributed by atoms with E-state index >= 15 is 0 Å². The number of allylic oxidation sites excluding steroid dienone is 1. The standard InChI is InChI=1S/C33H27N5O5S2.C7H8O3S/c1-2-20-18-44-30-26(29(40)38(30)27(20)31(41)42)36-28(39)25(24-19-45-32(34)35-24)37-43-33(21-12-6-3-7-13-21,22-14-8-4-9-15-22)23-16-10-5-11-17-23;1-6-2-4-7(5-3-6)11(8,9)10/h2-17,19,26,30H,1,18H2,(H2,34,35)(H,36,39)(H,41,42);2-5H,1H3,(H,8,9,10)/b37-25-;/t26-,30-;/m1./s1. The lowest BCUT2D eigenvalue weighted by molar-refractivity contribution is -0.150. The Hall–Kier alpha value is -6.07. The summed E-state index contributed by atoms with van der Waals surface area (Å²) in [7, 11) is -4.02. The highest BCUT2D eigenvalue weighted by molar-refractivity contribution is 8.00. The molecule has 3 heterocycles. The van der Waals surface area contributed by atoms with Gasteiger partial charge in [-0.1, -0.05) is 127 Å². The number of fused-ring (bicyclic) bond motifs is 1. The summed E-state index contributed by atoms with van der Waals surface area (Å²) in [5.74, 6) is -2.19. The van der Waals surface area contributed by atoms with E-state index in [1.807, 2.05) is 97.9 Å². The van der Waals surface area contributed by atoms with Crippen LogP contribution in [-0.2, 0) is 34.9 Å². The van der Waals surface area contributed by atoms with Crippen molar-refractivity contribution in [2.75, 3.05) is 11.5 Å². The molecule has 2 atom stereocenters. The van der Waals surface area contributed by atoms with Gasteiger partial charge in [-0.25, -0.2) is 9.78 Å². The number of hydrogen-bond acceptors (Lipinski definition) is 11. The van der Waals surface area contributed by atoms with Crippen LogP contribution in [0.5, 0.6) is 0 Å².